The minimum Gasteiger partial charge on any atom is -0.492 e. The van der Waals surface area contributed by atoms with Crippen LogP contribution in [-0.2, 0) is 6.42 Å². The van der Waals surface area contributed by atoms with Crippen LogP contribution in [0.25, 0.3) is 10.9 Å². The van der Waals surface area contributed by atoms with Gasteiger partial charge in [0.1, 0.15) is 5.75 Å². The molecule has 1 atom stereocenters. The number of aromatic nitrogens is 1. The van der Waals surface area contributed by atoms with Gasteiger partial charge in [0.2, 0.25) is 0 Å². The fourth-order valence-electron chi connectivity index (χ4n) is 2.37. The van der Waals surface area contributed by atoms with Crippen LogP contribution < -0.4 is 4.74 Å². The summed E-state index contributed by atoms with van der Waals surface area (Å²) >= 11 is 0. The molecule has 1 aromatic carbocycles. The van der Waals surface area contributed by atoms with Crippen molar-refractivity contribution in [1.82, 2.24) is 4.98 Å². The van der Waals surface area contributed by atoms with E-state index >= 15 is 0 Å². The van der Waals surface area contributed by atoms with Crippen LogP contribution in [0, 0.1) is 12.8 Å². The minimum atomic E-state index is 0.593. The van der Waals surface area contributed by atoms with E-state index in [0.29, 0.717) is 5.92 Å². The first-order valence-corrected chi connectivity index (χ1v) is 5.48. The van der Waals surface area contributed by atoms with Gasteiger partial charge in [0.05, 0.1) is 6.61 Å². The molecule has 78 valence electrons. The predicted molar refractivity (Wildman–Crippen MR) is 61.4 cm³/mol. The smallest absolute Gasteiger partial charge is 0.131 e. The average molecular weight is 201 g/mol. The first-order valence-electron chi connectivity index (χ1n) is 5.48. The van der Waals surface area contributed by atoms with Crippen molar-refractivity contribution in [3.8, 4) is 5.75 Å². The fourth-order valence-corrected chi connectivity index (χ4v) is 2.37. The van der Waals surface area contributed by atoms with Gasteiger partial charge in [0, 0.05) is 17.1 Å². The van der Waals surface area contributed by atoms with Crippen LogP contribution in [0.2, 0.25) is 0 Å². The Morgan fingerprint density at radius 2 is 2.27 bits per heavy atom. The van der Waals surface area contributed by atoms with E-state index in [1.54, 1.807) is 0 Å². The van der Waals surface area contributed by atoms with E-state index in [1.165, 1.54) is 22.0 Å². The second-order valence-corrected chi connectivity index (χ2v) is 4.57. The lowest BCUT2D eigenvalue weighted by molar-refractivity contribution is 0.266. The van der Waals surface area contributed by atoms with Crippen molar-refractivity contribution in [2.75, 3.05) is 6.61 Å². The third-order valence-corrected chi connectivity index (χ3v) is 3.16. The van der Waals surface area contributed by atoms with Crippen molar-refractivity contribution >= 4 is 10.9 Å². The van der Waals surface area contributed by atoms with Crippen LogP contribution in [0.3, 0.4) is 0 Å². The molecule has 1 aliphatic rings. The number of H-pyrrole nitrogens is 1. The van der Waals surface area contributed by atoms with Gasteiger partial charge in [-0.1, -0.05) is 13.0 Å². The van der Waals surface area contributed by atoms with Crippen LogP contribution in [0.5, 0.6) is 5.75 Å². The maximum atomic E-state index is 5.90. The van der Waals surface area contributed by atoms with E-state index in [1.807, 2.05) is 0 Å². The van der Waals surface area contributed by atoms with Crippen molar-refractivity contribution in [3.05, 3.63) is 29.5 Å². The molecule has 2 nitrogen and oxygen atoms in total. The molecule has 3 rings (SSSR count). The molecule has 1 aromatic heterocycles. The Bertz CT molecular complexity index is 512. The summed E-state index contributed by atoms with van der Waals surface area (Å²) in [7, 11) is 0. The van der Waals surface area contributed by atoms with Crippen LogP contribution in [0.4, 0.5) is 0 Å². The number of benzene rings is 1. The monoisotopic (exact) mass is 201 g/mol. The lowest BCUT2D eigenvalue weighted by atomic mass is 10.0. The van der Waals surface area contributed by atoms with Gasteiger partial charge in [-0.15, -0.1) is 0 Å². The van der Waals surface area contributed by atoms with Crippen LogP contribution in [-0.4, -0.2) is 11.6 Å². The highest BCUT2D eigenvalue weighted by Crippen LogP contribution is 2.35. The first-order chi connectivity index (χ1) is 7.25. The van der Waals surface area contributed by atoms with Crippen LogP contribution >= 0.6 is 0 Å². The van der Waals surface area contributed by atoms with E-state index in [9.17, 15) is 0 Å². The van der Waals surface area contributed by atoms with Crippen molar-refractivity contribution in [2.45, 2.75) is 20.3 Å². The largest absolute Gasteiger partial charge is 0.492 e. The standard InChI is InChI=1S/C13H15NO/c1-8-5-10-6-14-11-4-3-9(2)13(12(10)11)15-7-8/h3-4,6,8,14H,5,7H2,1-2H3. The molecular weight excluding hydrogens is 186 g/mol. The van der Waals surface area contributed by atoms with E-state index in [2.05, 4.69) is 37.2 Å². The Kier molecular flexibility index (Phi) is 1.78. The Morgan fingerprint density at radius 3 is 3.13 bits per heavy atom. The van der Waals surface area contributed by atoms with Gasteiger partial charge in [0.25, 0.3) is 0 Å². The number of hydrogen-bond acceptors (Lipinski definition) is 1. The molecule has 0 aliphatic carbocycles. The van der Waals surface area contributed by atoms with Gasteiger partial charge in [-0.05, 0) is 36.5 Å². The molecule has 1 unspecified atom stereocenters. The molecule has 2 heterocycles. The minimum absolute atomic E-state index is 0.593. The number of aryl methyl sites for hydroxylation is 1. The van der Waals surface area contributed by atoms with Crippen molar-refractivity contribution < 1.29 is 4.74 Å². The Morgan fingerprint density at radius 1 is 1.40 bits per heavy atom. The predicted octanol–water partition coefficient (Wildman–Crippen LogP) is 3.05. The molecule has 2 aromatic rings. The fraction of sp³-hybridized carbons (Fsp3) is 0.385. The molecular formula is C13H15NO. The van der Waals surface area contributed by atoms with Crippen molar-refractivity contribution in [3.63, 3.8) is 0 Å². The molecule has 0 radical (unpaired) electrons. The highest BCUT2D eigenvalue weighted by atomic mass is 16.5. The first kappa shape index (κ1) is 8.84. The van der Waals surface area contributed by atoms with Crippen LogP contribution in [0.1, 0.15) is 18.1 Å². The molecule has 0 bridgehead atoms. The third kappa shape index (κ3) is 1.24. The highest BCUT2D eigenvalue weighted by molar-refractivity contribution is 5.90. The zero-order chi connectivity index (χ0) is 10.4. The molecule has 0 saturated heterocycles. The van der Waals surface area contributed by atoms with Gasteiger partial charge < -0.3 is 9.72 Å². The van der Waals surface area contributed by atoms with E-state index in [4.69, 9.17) is 4.74 Å². The summed E-state index contributed by atoms with van der Waals surface area (Å²) in [6, 6.07) is 4.25. The lowest BCUT2D eigenvalue weighted by Crippen LogP contribution is -2.08. The van der Waals surface area contributed by atoms with Crippen molar-refractivity contribution in [2.24, 2.45) is 5.92 Å². The van der Waals surface area contributed by atoms with Crippen molar-refractivity contribution in [1.29, 1.82) is 0 Å². The highest BCUT2D eigenvalue weighted by Gasteiger charge is 2.18. The molecule has 0 saturated carbocycles. The topological polar surface area (TPSA) is 25.0 Å². The van der Waals surface area contributed by atoms with E-state index < -0.39 is 0 Å². The summed E-state index contributed by atoms with van der Waals surface area (Å²) < 4.78 is 5.90. The zero-order valence-corrected chi connectivity index (χ0v) is 9.13. The molecule has 1 aliphatic heterocycles. The number of ether oxygens (including phenoxy) is 1. The Labute approximate surface area is 89.3 Å². The maximum absolute atomic E-state index is 5.90. The second-order valence-electron chi connectivity index (χ2n) is 4.57. The third-order valence-electron chi connectivity index (χ3n) is 3.16. The number of hydrogen-bond donors (Lipinski definition) is 1. The molecule has 0 fully saturated rings. The Hall–Kier alpha value is -1.44. The number of nitrogens with one attached hydrogen (secondary N) is 1. The molecule has 0 spiro atoms. The van der Waals surface area contributed by atoms with Gasteiger partial charge in [0.15, 0.2) is 0 Å². The second kappa shape index (κ2) is 3.02. The molecule has 0 amide bonds. The summed E-state index contributed by atoms with van der Waals surface area (Å²) in [4.78, 5) is 3.32. The summed E-state index contributed by atoms with van der Waals surface area (Å²) in [5, 5.41) is 1.29. The summed E-state index contributed by atoms with van der Waals surface area (Å²) in [6.45, 7) is 5.18. The maximum Gasteiger partial charge on any atom is 0.131 e. The number of aromatic amines is 1. The Balaban J connectivity index is 2.34. The van der Waals surface area contributed by atoms with Gasteiger partial charge >= 0.3 is 0 Å². The zero-order valence-electron chi connectivity index (χ0n) is 9.13. The number of rotatable bonds is 0. The normalized spacial score (nSPS) is 20.0. The molecule has 2 heteroatoms. The SMILES string of the molecule is Cc1ccc2[nH]cc3c2c1OCC(C)C3. The van der Waals surface area contributed by atoms with Gasteiger partial charge in [-0.3, -0.25) is 0 Å². The van der Waals surface area contributed by atoms with Gasteiger partial charge in [-0.2, -0.15) is 0 Å². The van der Waals surface area contributed by atoms with E-state index in [-0.39, 0.29) is 0 Å². The average Bonchev–Trinajstić information content (AvgIpc) is 2.52. The lowest BCUT2D eigenvalue weighted by Gasteiger charge is -2.10. The van der Waals surface area contributed by atoms with Crippen LogP contribution in [0.15, 0.2) is 18.3 Å². The van der Waals surface area contributed by atoms with Gasteiger partial charge in [-0.25, -0.2) is 0 Å². The molecule has 1 N–H and O–H groups in total. The molecule has 15 heavy (non-hydrogen) atoms. The summed E-state index contributed by atoms with van der Waals surface area (Å²) in [6.07, 6.45) is 3.23. The summed E-state index contributed by atoms with van der Waals surface area (Å²) in [5.41, 5.74) is 3.82. The summed E-state index contributed by atoms with van der Waals surface area (Å²) in [5.74, 6) is 1.67. The quantitative estimate of drug-likeness (QED) is 0.696. The van der Waals surface area contributed by atoms with E-state index in [0.717, 1.165) is 18.8 Å².